The molecular formula is C18H15NO5. The van der Waals surface area contributed by atoms with E-state index in [9.17, 15) is 9.59 Å². The summed E-state index contributed by atoms with van der Waals surface area (Å²) >= 11 is 0. The van der Waals surface area contributed by atoms with Gasteiger partial charge in [0.05, 0.1) is 23.6 Å². The van der Waals surface area contributed by atoms with E-state index in [-0.39, 0.29) is 18.3 Å². The maximum Gasteiger partial charge on any atom is 0.347 e. The van der Waals surface area contributed by atoms with E-state index in [0.29, 0.717) is 28.0 Å². The highest BCUT2D eigenvalue weighted by Gasteiger charge is 2.15. The molecule has 1 heterocycles. The molecule has 0 radical (unpaired) electrons. The van der Waals surface area contributed by atoms with Crippen molar-refractivity contribution < 1.29 is 18.7 Å². The topological polar surface area (TPSA) is 78.6 Å². The van der Waals surface area contributed by atoms with Gasteiger partial charge < -0.3 is 13.9 Å². The highest BCUT2D eigenvalue weighted by molar-refractivity contribution is 5.79. The van der Waals surface area contributed by atoms with Crippen molar-refractivity contribution in [2.75, 3.05) is 7.11 Å². The summed E-state index contributed by atoms with van der Waals surface area (Å²) in [4.78, 5) is 27.9. The Kier molecular flexibility index (Phi) is 4.29. The second-order valence-electron chi connectivity index (χ2n) is 5.01. The molecule has 0 fully saturated rings. The first-order chi connectivity index (χ1) is 11.6. The molecule has 0 aliphatic rings. The molecule has 6 heteroatoms. The fourth-order valence-corrected chi connectivity index (χ4v) is 2.25. The molecule has 0 spiro atoms. The fourth-order valence-electron chi connectivity index (χ4n) is 2.25. The Morgan fingerprint density at radius 3 is 2.75 bits per heavy atom. The monoisotopic (exact) mass is 325 g/mol. The van der Waals surface area contributed by atoms with Crippen LogP contribution in [-0.2, 0) is 4.79 Å². The van der Waals surface area contributed by atoms with Gasteiger partial charge in [0.15, 0.2) is 0 Å². The van der Waals surface area contributed by atoms with Crippen molar-refractivity contribution in [1.82, 2.24) is 4.98 Å². The first kappa shape index (κ1) is 15.7. The number of benzene rings is 2. The molecule has 0 amide bonds. The molecule has 3 rings (SSSR count). The van der Waals surface area contributed by atoms with Crippen LogP contribution in [0.2, 0.25) is 0 Å². The van der Waals surface area contributed by atoms with Crippen LogP contribution in [0.3, 0.4) is 0 Å². The highest BCUT2D eigenvalue weighted by Crippen LogP contribution is 2.32. The Morgan fingerprint density at radius 1 is 1.21 bits per heavy atom. The maximum absolute atomic E-state index is 12.1. The van der Waals surface area contributed by atoms with Gasteiger partial charge in [0.2, 0.25) is 5.89 Å². The predicted octanol–water partition coefficient (Wildman–Crippen LogP) is 3.18. The summed E-state index contributed by atoms with van der Waals surface area (Å²) in [5.41, 5.74) is 0.558. The molecular weight excluding hydrogens is 310 g/mol. The number of para-hydroxylation sites is 1. The van der Waals surface area contributed by atoms with Crippen molar-refractivity contribution in [3.8, 4) is 23.0 Å². The molecule has 0 unspecified atom stereocenters. The van der Waals surface area contributed by atoms with Gasteiger partial charge in [-0.1, -0.05) is 19.1 Å². The zero-order chi connectivity index (χ0) is 17.1. The van der Waals surface area contributed by atoms with Gasteiger partial charge in [0.25, 0.3) is 0 Å². The van der Waals surface area contributed by atoms with E-state index < -0.39 is 5.63 Å². The molecule has 3 aromatic rings. The lowest BCUT2D eigenvalue weighted by atomic mass is 10.1. The molecule has 24 heavy (non-hydrogen) atoms. The lowest BCUT2D eigenvalue weighted by molar-refractivity contribution is -0.134. The third-order valence-electron chi connectivity index (χ3n) is 3.46. The molecule has 1 aromatic heterocycles. The lowest BCUT2D eigenvalue weighted by Crippen LogP contribution is -2.06. The summed E-state index contributed by atoms with van der Waals surface area (Å²) in [7, 11) is 1.48. The quantitative estimate of drug-likeness (QED) is 0.541. The van der Waals surface area contributed by atoms with E-state index in [1.54, 1.807) is 49.4 Å². The molecule has 6 nitrogen and oxygen atoms in total. The number of carbonyl (C=O) groups is 1. The Labute approximate surface area is 137 Å². The molecule has 0 N–H and O–H groups in total. The SMILES string of the molecule is CCC(=O)Oc1ccc(-c2nc3ccccc3c(=O)o2)c(OC)c1. The molecule has 0 aliphatic heterocycles. The first-order valence-electron chi connectivity index (χ1n) is 7.41. The van der Waals surface area contributed by atoms with E-state index in [4.69, 9.17) is 13.9 Å². The van der Waals surface area contributed by atoms with Crippen LogP contribution in [0.1, 0.15) is 13.3 Å². The third-order valence-corrected chi connectivity index (χ3v) is 3.46. The number of hydrogen-bond acceptors (Lipinski definition) is 6. The largest absolute Gasteiger partial charge is 0.496 e. The molecule has 0 saturated heterocycles. The molecule has 122 valence electrons. The van der Waals surface area contributed by atoms with Crippen molar-refractivity contribution in [3.63, 3.8) is 0 Å². The number of aromatic nitrogens is 1. The highest BCUT2D eigenvalue weighted by atomic mass is 16.5. The number of ether oxygens (including phenoxy) is 2. The van der Waals surface area contributed by atoms with Crippen molar-refractivity contribution in [3.05, 3.63) is 52.9 Å². The summed E-state index contributed by atoms with van der Waals surface area (Å²) in [6.07, 6.45) is 0.269. The fraction of sp³-hybridized carbons (Fsp3) is 0.167. The number of methoxy groups -OCH3 is 1. The number of carbonyl (C=O) groups excluding carboxylic acids is 1. The van der Waals surface area contributed by atoms with Gasteiger partial charge in [-0.2, -0.15) is 0 Å². The molecule has 2 aromatic carbocycles. The maximum atomic E-state index is 12.1. The number of esters is 1. The Bertz CT molecular complexity index is 961. The van der Waals surface area contributed by atoms with Gasteiger partial charge in [0.1, 0.15) is 11.5 Å². The van der Waals surface area contributed by atoms with Crippen molar-refractivity contribution >= 4 is 16.9 Å². The number of hydrogen-bond donors (Lipinski definition) is 0. The standard InChI is InChI=1S/C18H15NO5/c1-3-16(20)23-11-8-9-13(15(10-11)22-2)17-19-14-7-5-4-6-12(14)18(21)24-17/h4-10H,3H2,1-2H3. The average molecular weight is 325 g/mol. The van der Waals surface area contributed by atoms with E-state index >= 15 is 0 Å². The summed E-state index contributed by atoms with van der Waals surface area (Å²) in [5, 5.41) is 0.411. The Hall–Kier alpha value is -3.15. The van der Waals surface area contributed by atoms with Crippen LogP contribution in [-0.4, -0.2) is 18.1 Å². The van der Waals surface area contributed by atoms with Gasteiger partial charge >= 0.3 is 11.6 Å². The predicted molar refractivity (Wildman–Crippen MR) is 88.2 cm³/mol. The average Bonchev–Trinajstić information content (AvgIpc) is 2.61. The summed E-state index contributed by atoms with van der Waals surface area (Å²) in [6.45, 7) is 1.71. The van der Waals surface area contributed by atoms with Crippen LogP contribution in [0.15, 0.2) is 51.7 Å². The summed E-state index contributed by atoms with van der Waals surface area (Å²) in [6, 6.07) is 11.7. The van der Waals surface area contributed by atoms with Crippen LogP contribution < -0.4 is 15.1 Å². The number of nitrogens with zero attached hydrogens (tertiary/aromatic N) is 1. The van der Waals surface area contributed by atoms with Crippen LogP contribution in [0, 0.1) is 0 Å². The summed E-state index contributed by atoms with van der Waals surface area (Å²) < 4.78 is 15.8. The molecule has 0 aliphatic carbocycles. The zero-order valence-corrected chi connectivity index (χ0v) is 13.2. The van der Waals surface area contributed by atoms with E-state index in [1.807, 2.05) is 0 Å². The normalized spacial score (nSPS) is 10.6. The minimum absolute atomic E-state index is 0.143. The van der Waals surface area contributed by atoms with Crippen LogP contribution in [0.4, 0.5) is 0 Å². The second-order valence-corrected chi connectivity index (χ2v) is 5.01. The van der Waals surface area contributed by atoms with E-state index in [0.717, 1.165) is 0 Å². The van der Waals surface area contributed by atoms with Gasteiger partial charge in [-0.05, 0) is 24.3 Å². The van der Waals surface area contributed by atoms with Gasteiger partial charge in [0, 0.05) is 12.5 Å². The smallest absolute Gasteiger partial charge is 0.347 e. The number of rotatable bonds is 4. The molecule has 0 bridgehead atoms. The van der Waals surface area contributed by atoms with Crippen LogP contribution >= 0.6 is 0 Å². The van der Waals surface area contributed by atoms with Gasteiger partial charge in [-0.15, -0.1) is 0 Å². The second kappa shape index (κ2) is 6.54. The lowest BCUT2D eigenvalue weighted by Gasteiger charge is -2.10. The minimum atomic E-state index is -0.473. The van der Waals surface area contributed by atoms with Gasteiger partial charge in [-0.25, -0.2) is 9.78 Å². The van der Waals surface area contributed by atoms with E-state index in [1.165, 1.54) is 7.11 Å². The summed E-state index contributed by atoms with van der Waals surface area (Å²) in [5.74, 6) is 0.539. The molecule has 0 saturated carbocycles. The van der Waals surface area contributed by atoms with Crippen molar-refractivity contribution in [2.45, 2.75) is 13.3 Å². The first-order valence-corrected chi connectivity index (χ1v) is 7.41. The number of fused-ring (bicyclic) bond motifs is 1. The van der Waals surface area contributed by atoms with Crippen molar-refractivity contribution in [1.29, 1.82) is 0 Å². The van der Waals surface area contributed by atoms with Crippen LogP contribution in [0.25, 0.3) is 22.4 Å². The zero-order valence-electron chi connectivity index (χ0n) is 13.2. The third kappa shape index (κ3) is 2.99. The van der Waals surface area contributed by atoms with E-state index in [2.05, 4.69) is 4.98 Å². The minimum Gasteiger partial charge on any atom is -0.496 e. The van der Waals surface area contributed by atoms with Crippen molar-refractivity contribution in [2.24, 2.45) is 0 Å². The Morgan fingerprint density at radius 2 is 2.00 bits per heavy atom. The van der Waals surface area contributed by atoms with Crippen LogP contribution in [0.5, 0.6) is 11.5 Å². The molecule has 0 atom stereocenters. The Balaban J connectivity index is 2.09. The van der Waals surface area contributed by atoms with Gasteiger partial charge in [-0.3, -0.25) is 4.79 Å².